The molecule has 2 aromatic rings. The number of nitrogens with one attached hydrogen (secondary N) is 1. The zero-order chi connectivity index (χ0) is 19.9. The summed E-state index contributed by atoms with van der Waals surface area (Å²) < 4.78 is 5.74. The number of hydrogen-bond donors (Lipinski definition) is 1. The van der Waals surface area contributed by atoms with Crippen molar-refractivity contribution in [1.82, 2.24) is 10.2 Å². The highest BCUT2D eigenvalue weighted by Crippen LogP contribution is 2.22. The summed E-state index contributed by atoms with van der Waals surface area (Å²) in [4.78, 5) is 14.8. The first-order chi connectivity index (χ1) is 13.5. The third-order valence-electron chi connectivity index (χ3n) is 5.46. The van der Waals surface area contributed by atoms with Gasteiger partial charge in [0.1, 0.15) is 12.4 Å². The monoisotopic (exact) mass is 400 g/mol. The third kappa shape index (κ3) is 5.73. The van der Waals surface area contributed by atoms with Crippen molar-refractivity contribution in [2.24, 2.45) is 5.92 Å². The molecule has 0 radical (unpaired) electrons. The number of rotatable bonds is 7. The molecule has 0 spiro atoms. The molecule has 1 aliphatic heterocycles. The van der Waals surface area contributed by atoms with E-state index in [1.807, 2.05) is 30.3 Å². The lowest BCUT2D eigenvalue weighted by Gasteiger charge is -2.31. The molecule has 0 saturated carbocycles. The lowest BCUT2D eigenvalue weighted by Crippen LogP contribution is -2.41. The molecule has 150 valence electrons. The van der Waals surface area contributed by atoms with E-state index >= 15 is 0 Å². The molecule has 0 unspecified atom stereocenters. The molecule has 5 heteroatoms. The SMILES string of the molecule is Cc1ccc(OCCNC(=O)C2CCN(Cc3ccccc3Cl)CC2)cc1C. The van der Waals surface area contributed by atoms with Crippen LogP contribution in [0.1, 0.15) is 29.5 Å². The van der Waals surface area contributed by atoms with Gasteiger partial charge in [-0.1, -0.05) is 35.9 Å². The van der Waals surface area contributed by atoms with Gasteiger partial charge in [0.15, 0.2) is 0 Å². The fourth-order valence-corrected chi connectivity index (χ4v) is 3.71. The summed E-state index contributed by atoms with van der Waals surface area (Å²) in [5.41, 5.74) is 3.61. The highest BCUT2D eigenvalue weighted by molar-refractivity contribution is 6.31. The fourth-order valence-electron chi connectivity index (χ4n) is 3.51. The average Bonchev–Trinajstić information content (AvgIpc) is 2.70. The molecular weight excluding hydrogens is 372 g/mol. The predicted molar refractivity (Wildman–Crippen MR) is 114 cm³/mol. The van der Waals surface area contributed by atoms with Crippen molar-refractivity contribution in [1.29, 1.82) is 0 Å². The summed E-state index contributed by atoms with van der Waals surface area (Å²) in [6.07, 6.45) is 1.77. The van der Waals surface area contributed by atoms with Gasteiger partial charge in [-0.15, -0.1) is 0 Å². The van der Waals surface area contributed by atoms with E-state index in [1.165, 1.54) is 11.1 Å². The first-order valence-corrected chi connectivity index (χ1v) is 10.3. The van der Waals surface area contributed by atoms with Crippen molar-refractivity contribution in [2.45, 2.75) is 33.2 Å². The Kier molecular flexibility index (Phi) is 7.35. The van der Waals surface area contributed by atoms with E-state index in [2.05, 4.69) is 36.2 Å². The molecule has 28 heavy (non-hydrogen) atoms. The summed E-state index contributed by atoms with van der Waals surface area (Å²) in [6.45, 7) is 7.86. The molecule has 1 fully saturated rings. The molecular formula is C23H29ClN2O2. The van der Waals surface area contributed by atoms with Crippen molar-refractivity contribution < 1.29 is 9.53 Å². The number of aryl methyl sites for hydroxylation is 2. The maximum absolute atomic E-state index is 12.4. The molecule has 1 heterocycles. The molecule has 0 bridgehead atoms. The first-order valence-electron chi connectivity index (χ1n) is 9.96. The fraction of sp³-hybridized carbons (Fsp3) is 0.435. The van der Waals surface area contributed by atoms with Crippen LogP contribution in [-0.2, 0) is 11.3 Å². The van der Waals surface area contributed by atoms with Crippen LogP contribution in [0.25, 0.3) is 0 Å². The molecule has 4 nitrogen and oxygen atoms in total. The Hall–Kier alpha value is -2.04. The number of ether oxygens (including phenoxy) is 1. The van der Waals surface area contributed by atoms with Crippen LogP contribution in [0.4, 0.5) is 0 Å². The molecule has 1 N–H and O–H groups in total. The number of amides is 1. The Morgan fingerprint density at radius 2 is 1.89 bits per heavy atom. The van der Waals surface area contributed by atoms with Gasteiger partial charge in [0.2, 0.25) is 5.91 Å². The van der Waals surface area contributed by atoms with Crippen LogP contribution in [0.3, 0.4) is 0 Å². The maximum atomic E-state index is 12.4. The van der Waals surface area contributed by atoms with Gasteiger partial charge in [-0.25, -0.2) is 0 Å². The number of carbonyl (C=O) groups excluding carboxylic acids is 1. The molecule has 1 amide bonds. The maximum Gasteiger partial charge on any atom is 0.223 e. The summed E-state index contributed by atoms with van der Waals surface area (Å²) in [5.74, 6) is 1.08. The van der Waals surface area contributed by atoms with E-state index in [4.69, 9.17) is 16.3 Å². The Morgan fingerprint density at radius 1 is 1.14 bits per heavy atom. The smallest absolute Gasteiger partial charge is 0.223 e. The van der Waals surface area contributed by atoms with Crippen LogP contribution in [0.15, 0.2) is 42.5 Å². The minimum Gasteiger partial charge on any atom is -0.492 e. The van der Waals surface area contributed by atoms with Crippen molar-refractivity contribution in [3.05, 3.63) is 64.2 Å². The molecule has 1 saturated heterocycles. The van der Waals surface area contributed by atoms with Gasteiger partial charge < -0.3 is 10.1 Å². The normalized spacial score (nSPS) is 15.4. The van der Waals surface area contributed by atoms with Crippen LogP contribution in [-0.4, -0.2) is 37.0 Å². The average molecular weight is 401 g/mol. The van der Waals surface area contributed by atoms with Crippen molar-refractivity contribution in [3.8, 4) is 5.75 Å². The van der Waals surface area contributed by atoms with Gasteiger partial charge in [-0.3, -0.25) is 9.69 Å². The van der Waals surface area contributed by atoms with E-state index in [0.717, 1.165) is 48.8 Å². The Bertz CT molecular complexity index is 801. The second-order valence-corrected chi connectivity index (χ2v) is 7.93. The molecule has 3 rings (SSSR count). The lowest BCUT2D eigenvalue weighted by atomic mass is 9.95. The van der Waals surface area contributed by atoms with Gasteiger partial charge in [-0.05, 0) is 74.7 Å². The number of piperidine rings is 1. The van der Waals surface area contributed by atoms with Crippen molar-refractivity contribution in [3.63, 3.8) is 0 Å². The first kappa shape index (κ1) is 20.7. The lowest BCUT2D eigenvalue weighted by molar-refractivity contribution is -0.126. The minimum atomic E-state index is 0.0871. The number of carbonyl (C=O) groups is 1. The summed E-state index contributed by atoms with van der Waals surface area (Å²) in [7, 11) is 0. The number of likely N-dealkylation sites (tertiary alicyclic amines) is 1. The summed E-state index contributed by atoms with van der Waals surface area (Å²) in [5, 5.41) is 3.83. The third-order valence-corrected chi connectivity index (χ3v) is 5.83. The number of hydrogen-bond acceptors (Lipinski definition) is 3. The highest BCUT2D eigenvalue weighted by atomic mass is 35.5. The molecule has 2 aromatic carbocycles. The second-order valence-electron chi connectivity index (χ2n) is 7.53. The standard InChI is InChI=1S/C23H29ClN2O2/c1-17-7-8-21(15-18(17)2)28-14-11-25-23(27)19-9-12-26(13-10-19)16-20-5-3-4-6-22(20)24/h3-8,15,19H,9-14,16H2,1-2H3,(H,25,27). The van der Waals surface area contributed by atoms with E-state index in [9.17, 15) is 4.79 Å². The zero-order valence-corrected chi connectivity index (χ0v) is 17.5. The van der Waals surface area contributed by atoms with Crippen molar-refractivity contribution >= 4 is 17.5 Å². The molecule has 0 aromatic heterocycles. The Balaban J connectivity index is 1.36. The van der Waals surface area contributed by atoms with Crippen LogP contribution >= 0.6 is 11.6 Å². The van der Waals surface area contributed by atoms with Crippen LogP contribution in [0.2, 0.25) is 5.02 Å². The van der Waals surface area contributed by atoms with Crippen LogP contribution < -0.4 is 10.1 Å². The van der Waals surface area contributed by atoms with Gasteiger partial charge in [0, 0.05) is 17.5 Å². The van der Waals surface area contributed by atoms with E-state index in [1.54, 1.807) is 0 Å². The van der Waals surface area contributed by atoms with Crippen LogP contribution in [0.5, 0.6) is 5.75 Å². The highest BCUT2D eigenvalue weighted by Gasteiger charge is 2.24. The molecule has 0 aliphatic carbocycles. The number of benzene rings is 2. The van der Waals surface area contributed by atoms with Crippen molar-refractivity contribution in [2.75, 3.05) is 26.2 Å². The topological polar surface area (TPSA) is 41.6 Å². The molecule has 0 atom stereocenters. The number of halogens is 1. The van der Waals surface area contributed by atoms with Gasteiger partial charge in [0.25, 0.3) is 0 Å². The van der Waals surface area contributed by atoms with E-state index in [0.29, 0.717) is 13.2 Å². The van der Waals surface area contributed by atoms with Gasteiger partial charge >= 0.3 is 0 Å². The van der Waals surface area contributed by atoms with E-state index < -0.39 is 0 Å². The zero-order valence-electron chi connectivity index (χ0n) is 16.7. The summed E-state index contributed by atoms with van der Waals surface area (Å²) >= 11 is 6.25. The van der Waals surface area contributed by atoms with Crippen LogP contribution in [0, 0.1) is 19.8 Å². The second kappa shape index (κ2) is 9.94. The summed E-state index contributed by atoms with van der Waals surface area (Å²) in [6, 6.07) is 14.0. The minimum absolute atomic E-state index is 0.0871. The van der Waals surface area contributed by atoms with Gasteiger partial charge in [0.05, 0.1) is 6.54 Å². The number of nitrogens with zero attached hydrogens (tertiary/aromatic N) is 1. The van der Waals surface area contributed by atoms with Gasteiger partial charge in [-0.2, -0.15) is 0 Å². The largest absolute Gasteiger partial charge is 0.492 e. The Morgan fingerprint density at radius 3 is 2.61 bits per heavy atom. The molecule has 1 aliphatic rings. The quantitative estimate of drug-likeness (QED) is 0.702. The Labute approximate surface area is 172 Å². The predicted octanol–water partition coefficient (Wildman–Crippen LogP) is 4.36. The van der Waals surface area contributed by atoms with E-state index in [-0.39, 0.29) is 11.8 Å².